The van der Waals surface area contributed by atoms with Crippen LogP contribution in [0.5, 0.6) is 0 Å². The van der Waals surface area contributed by atoms with E-state index in [-0.39, 0.29) is 16.0 Å². The van der Waals surface area contributed by atoms with Gasteiger partial charge in [-0.15, -0.1) is 0 Å². The van der Waals surface area contributed by atoms with E-state index in [1.54, 1.807) is 0 Å². The van der Waals surface area contributed by atoms with E-state index in [4.69, 9.17) is 5.73 Å². The number of carbonyl (C=O) groups excluding carboxylic acids is 1. The maximum Gasteiger partial charge on any atom is 0.242 e. The molecule has 5 rings (SSSR count). The molecule has 2 bridgehead atoms. The van der Waals surface area contributed by atoms with E-state index >= 15 is 0 Å². The average Bonchev–Trinajstić information content (AvgIpc) is 3.34. The number of hydrogen-bond donors (Lipinski definition) is 0. The first-order valence-corrected chi connectivity index (χ1v) is 22.0. The molecule has 149 valence electrons. The Hall–Kier alpha value is -0.919. The number of fused-ring (bicyclic) bond motifs is 6. The first-order valence-electron chi connectivity index (χ1n) is 11.0. The predicted octanol–water partition coefficient (Wildman–Crippen LogP) is 5.31. The van der Waals surface area contributed by atoms with E-state index in [1.165, 1.54) is 36.0 Å². The van der Waals surface area contributed by atoms with Crippen LogP contribution in [0.25, 0.3) is 6.08 Å². The molecule has 5 heteroatoms. The molecule has 3 aliphatic carbocycles. The van der Waals surface area contributed by atoms with Crippen LogP contribution in [0.1, 0.15) is 36.0 Å². The molecular weight excluding hydrogens is 391 g/mol. The van der Waals surface area contributed by atoms with Crippen LogP contribution >= 0.6 is 0 Å². The maximum absolute atomic E-state index is 13.6. The van der Waals surface area contributed by atoms with E-state index in [9.17, 15) is 4.79 Å². The van der Waals surface area contributed by atoms with E-state index in [0.29, 0.717) is 11.8 Å². The Morgan fingerprint density at radius 1 is 1.04 bits per heavy atom. The van der Waals surface area contributed by atoms with Crippen molar-refractivity contribution < 1.29 is 4.79 Å². The standard InChI is InChI=1S/C23H34NOSi3/c1-26(2)22(20-12-8-10-16-9-7-11-19(16)20)17-13-14-18(15-17)23(22,21(24)25)27(3,4)28(26,5)6/h7-8,10-12,17-18,24H,9,13-15H2,1-6H3. The van der Waals surface area contributed by atoms with Crippen molar-refractivity contribution in [3.05, 3.63) is 41.0 Å². The van der Waals surface area contributed by atoms with Gasteiger partial charge in [0.15, 0.2) is 0 Å². The molecule has 28 heavy (non-hydrogen) atoms. The third-order valence-electron chi connectivity index (χ3n) is 11.0. The van der Waals surface area contributed by atoms with Gasteiger partial charge in [0.1, 0.15) is 0 Å². The number of carbonyl (C=O) groups is 1. The first kappa shape index (κ1) is 19.1. The predicted molar refractivity (Wildman–Crippen MR) is 125 cm³/mol. The summed E-state index contributed by atoms with van der Waals surface area (Å²) >= 11 is 0. The Labute approximate surface area is 172 Å². The molecule has 1 aromatic carbocycles. The molecule has 1 aliphatic heterocycles. The molecule has 3 fully saturated rings. The van der Waals surface area contributed by atoms with Crippen LogP contribution in [0.4, 0.5) is 0 Å². The normalized spacial score (nSPS) is 40.5. The third kappa shape index (κ3) is 1.54. The van der Waals surface area contributed by atoms with Crippen LogP contribution in [-0.4, -0.2) is 28.2 Å². The van der Waals surface area contributed by atoms with Gasteiger partial charge in [-0.25, -0.2) is 0 Å². The van der Waals surface area contributed by atoms with Crippen LogP contribution in [-0.2, 0) is 16.3 Å². The summed E-state index contributed by atoms with van der Waals surface area (Å²) in [6.45, 7) is 15.7. The molecule has 1 N–H and O–H groups in total. The quantitative estimate of drug-likeness (QED) is 0.593. The second kappa shape index (κ2) is 5.22. The van der Waals surface area contributed by atoms with Crippen LogP contribution in [0, 0.1) is 11.8 Å². The van der Waals surface area contributed by atoms with Gasteiger partial charge >= 0.3 is 0 Å². The lowest BCUT2D eigenvalue weighted by molar-refractivity contribution is -0.124. The highest BCUT2D eigenvalue weighted by Gasteiger charge is 2.89. The highest BCUT2D eigenvalue weighted by atomic mass is 29.6. The highest BCUT2D eigenvalue weighted by molar-refractivity contribution is 7.72. The van der Waals surface area contributed by atoms with Crippen molar-refractivity contribution in [2.45, 2.75) is 75.0 Å². The minimum atomic E-state index is -1.95. The highest BCUT2D eigenvalue weighted by Crippen LogP contribution is 2.83. The topological polar surface area (TPSA) is 40.9 Å². The maximum atomic E-state index is 13.6. The minimum Gasteiger partial charge on any atom is -0.273 e. The molecule has 1 amide bonds. The van der Waals surface area contributed by atoms with Gasteiger partial charge in [0.2, 0.25) is 5.91 Å². The fraction of sp³-hybridized carbons (Fsp3) is 0.609. The molecule has 1 saturated heterocycles. The summed E-state index contributed by atoms with van der Waals surface area (Å²) in [6, 6.07) is 6.93. The summed E-state index contributed by atoms with van der Waals surface area (Å²) in [5.41, 5.74) is 13.2. The zero-order valence-electron chi connectivity index (χ0n) is 18.3. The second-order valence-electron chi connectivity index (χ2n) is 11.5. The van der Waals surface area contributed by atoms with Gasteiger partial charge in [-0.1, -0.05) is 69.6 Å². The first-order chi connectivity index (χ1) is 13.0. The van der Waals surface area contributed by atoms with Crippen molar-refractivity contribution in [2.24, 2.45) is 11.8 Å². The second-order valence-corrected chi connectivity index (χ2v) is 39.3. The van der Waals surface area contributed by atoms with E-state index in [1.807, 2.05) is 0 Å². The summed E-state index contributed by atoms with van der Waals surface area (Å²) in [4.78, 5) is 13.6. The summed E-state index contributed by atoms with van der Waals surface area (Å²) in [5, 5.41) is -0.354. The lowest BCUT2D eigenvalue weighted by Crippen LogP contribution is -2.69. The number of hydrogen-bond acceptors (Lipinski definition) is 1. The zero-order valence-corrected chi connectivity index (χ0v) is 21.3. The number of allylic oxidation sites excluding steroid dienone is 1. The van der Waals surface area contributed by atoms with Crippen LogP contribution in [0.3, 0.4) is 0 Å². The van der Waals surface area contributed by atoms with Crippen molar-refractivity contribution in [1.29, 1.82) is 0 Å². The molecule has 4 unspecified atom stereocenters. The van der Waals surface area contributed by atoms with Gasteiger partial charge < -0.3 is 0 Å². The lowest BCUT2D eigenvalue weighted by atomic mass is 9.71. The third-order valence-corrected chi connectivity index (χ3v) is 55.9. The van der Waals surface area contributed by atoms with Crippen LogP contribution in [0.2, 0.25) is 44.3 Å². The molecule has 4 atom stereocenters. The lowest BCUT2D eigenvalue weighted by Gasteiger charge is -2.56. The van der Waals surface area contributed by atoms with Gasteiger partial charge in [-0.2, -0.15) is 0 Å². The van der Waals surface area contributed by atoms with E-state index < -0.39 is 22.3 Å². The van der Waals surface area contributed by atoms with Crippen LogP contribution < -0.4 is 5.73 Å². The van der Waals surface area contributed by atoms with E-state index in [2.05, 4.69) is 69.6 Å². The van der Waals surface area contributed by atoms with Gasteiger partial charge in [0.05, 0.1) is 20.2 Å². The van der Waals surface area contributed by atoms with Gasteiger partial charge in [-0.3, -0.25) is 10.5 Å². The molecular formula is C23H34NOSi3. The number of rotatable bonds is 2. The van der Waals surface area contributed by atoms with Gasteiger partial charge in [0.25, 0.3) is 0 Å². The smallest absolute Gasteiger partial charge is 0.242 e. The van der Waals surface area contributed by atoms with Gasteiger partial charge in [-0.05, 0) is 54.2 Å². The molecule has 2 nitrogen and oxygen atoms in total. The fourth-order valence-electron chi connectivity index (χ4n) is 9.24. The zero-order chi connectivity index (χ0) is 20.3. The summed E-state index contributed by atoms with van der Waals surface area (Å²) in [6.07, 6.45) is 9.34. The Morgan fingerprint density at radius 2 is 1.71 bits per heavy atom. The molecule has 1 heterocycles. The summed E-state index contributed by atoms with van der Waals surface area (Å²) in [7, 11) is -5.42. The summed E-state index contributed by atoms with van der Waals surface area (Å²) in [5.74, 6) is 0.913. The molecule has 0 aromatic heterocycles. The Kier molecular flexibility index (Phi) is 3.55. The van der Waals surface area contributed by atoms with Crippen molar-refractivity contribution in [2.75, 3.05) is 0 Å². The monoisotopic (exact) mass is 424 g/mol. The largest absolute Gasteiger partial charge is 0.273 e. The molecule has 2 saturated carbocycles. The molecule has 1 radical (unpaired) electrons. The molecule has 4 aliphatic rings. The fourth-order valence-corrected chi connectivity index (χ4v) is 53.4. The van der Waals surface area contributed by atoms with Crippen molar-refractivity contribution in [1.82, 2.24) is 5.73 Å². The average molecular weight is 425 g/mol. The number of benzene rings is 1. The minimum absolute atomic E-state index is 0.00673. The molecule has 1 aromatic rings. The Bertz CT molecular complexity index is 934. The summed E-state index contributed by atoms with van der Waals surface area (Å²) < 4.78 is 0. The number of amides is 1. The molecule has 0 spiro atoms. The van der Waals surface area contributed by atoms with Crippen molar-refractivity contribution in [3.8, 4) is 0 Å². The van der Waals surface area contributed by atoms with E-state index in [0.717, 1.165) is 6.42 Å². The van der Waals surface area contributed by atoms with Crippen LogP contribution in [0.15, 0.2) is 24.3 Å². The SMILES string of the molecule is C[Si]1(C)C2(C([NH])=O)C3CCC(C3)C2(c2cccc3c2C=CC3)[Si](C)(C)[Si]1(C)C. The Balaban J connectivity index is 1.98. The van der Waals surface area contributed by atoms with Crippen molar-refractivity contribution in [3.63, 3.8) is 0 Å². The van der Waals surface area contributed by atoms with Gasteiger partial charge in [0, 0.05) is 12.1 Å². The van der Waals surface area contributed by atoms with Crippen molar-refractivity contribution >= 4 is 34.3 Å². The number of nitrogens with one attached hydrogen (secondary N) is 1. The Morgan fingerprint density at radius 3 is 2.39 bits per heavy atom.